The van der Waals surface area contributed by atoms with Crippen molar-refractivity contribution >= 4 is 11.8 Å². The van der Waals surface area contributed by atoms with Crippen molar-refractivity contribution in [2.45, 2.75) is 26.3 Å². The summed E-state index contributed by atoms with van der Waals surface area (Å²) in [5.41, 5.74) is 0.697. The molecule has 0 aliphatic heterocycles. The van der Waals surface area contributed by atoms with Gasteiger partial charge in [0, 0.05) is 18.5 Å². The fourth-order valence-corrected chi connectivity index (χ4v) is 1.52. The van der Waals surface area contributed by atoms with E-state index in [2.05, 4.69) is 5.32 Å². The summed E-state index contributed by atoms with van der Waals surface area (Å²) < 4.78 is 4.86. The normalized spacial score (nSPS) is 11.9. The van der Waals surface area contributed by atoms with Crippen LogP contribution in [0.5, 0.6) is 0 Å². The van der Waals surface area contributed by atoms with Gasteiger partial charge in [-0.05, 0) is 13.8 Å². The lowest BCUT2D eigenvalue weighted by Crippen LogP contribution is -2.36. The highest BCUT2D eigenvalue weighted by atomic mass is 16.5. The van der Waals surface area contributed by atoms with Crippen molar-refractivity contribution in [3.05, 3.63) is 35.9 Å². The Labute approximate surface area is 107 Å². The van der Waals surface area contributed by atoms with Gasteiger partial charge in [-0.15, -0.1) is 0 Å². The molecule has 0 spiro atoms. The number of ketones is 1. The number of Topliss-reactive ketones (excluding diaryl/α,β-unsaturated/α-hetero) is 1. The van der Waals surface area contributed by atoms with Crippen molar-refractivity contribution in [1.29, 1.82) is 0 Å². The van der Waals surface area contributed by atoms with Crippen molar-refractivity contribution < 1.29 is 14.3 Å². The molecular weight excluding hydrogens is 230 g/mol. The Morgan fingerprint density at radius 2 is 1.94 bits per heavy atom. The monoisotopic (exact) mass is 249 g/mol. The molecule has 0 saturated heterocycles. The molecule has 1 aromatic carbocycles. The van der Waals surface area contributed by atoms with Crippen LogP contribution in [0, 0.1) is 0 Å². The van der Waals surface area contributed by atoms with E-state index in [1.54, 1.807) is 26.0 Å². The molecule has 1 unspecified atom stereocenters. The molecule has 4 heteroatoms. The van der Waals surface area contributed by atoms with Crippen molar-refractivity contribution in [2.24, 2.45) is 0 Å². The highest BCUT2D eigenvalue weighted by Gasteiger charge is 2.13. The fraction of sp³-hybridized carbons (Fsp3) is 0.429. The molecule has 0 aromatic heterocycles. The van der Waals surface area contributed by atoms with Crippen LogP contribution in [0.4, 0.5) is 0 Å². The molecule has 0 heterocycles. The molecule has 1 atom stereocenters. The standard InChI is InChI=1S/C14H19NO3/c1-3-18-14(17)11(2)15-10-9-13(16)12-7-5-4-6-8-12/h4-8,11,15H,3,9-10H2,1-2H3. The highest BCUT2D eigenvalue weighted by Crippen LogP contribution is 2.02. The van der Waals surface area contributed by atoms with E-state index in [1.807, 2.05) is 18.2 Å². The average molecular weight is 249 g/mol. The van der Waals surface area contributed by atoms with E-state index < -0.39 is 0 Å². The van der Waals surface area contributed by atoms with E-state index in [4.69, 9.17) is 4.74 Å². The summed E-state index contributed by atoms with van der Waals surface area (Å²) in [5.74, 6) is -0.219. The molecule has 18 heavy (non-hydrogen) atoms. The van der Waals surface area contributed by atoms with Gasteiger partial charge in [-0.1, -0.05) is 30.3 Å². The Morgan fingerprint density at radius 3 is 2.56 bits per heavy atom. The quantitative estimate of drug-likeness (QED) is 0.591. The molecule has 0 aliphatic carbocycles. The van der Waals surface area contributed by atoms with E-state index in [0.717, 1.165) is 0 Å². The summed E-state index contributed by atoms with van der Waals surface area (Å²) in [7, 11) is 0. The highest BCUT2D eigenvalue weighted by molar-refractivity contribution is 5.96. The number of hydrogen-bond donors (Lipinski definition) is 1. The molecule has 0 fully saturated rings. The molecule has 0 saturated carbocycles. The zero-order chi connectivity index (χ0) is 13.4. The first-order chi connectivity index (χ1) is 8.65. The first-order valence-electron chi connectivity index (χ1n) is 6.13. The second kappa shape index (κ2) is 7.61. The number of benzene rings is 1. The van der Waals surface area contributed by atoms with Crippen LogP contribution in [-0.2, 0) is 9.53 Å². The number of nitrogens with one attached hydrogen (secondary N) is 1. The van der Waals surface area contributed by atoms with Gasteiger partial charge in [-0.2, -0.15) is 0 Å². The van der Waals surface area contributed by atoms with Gasteiger partial charge >= 0.3 is 5.97 Å². The van der Waals surface area contributed by atoms with Gasteiger partial charge in [0.1, 0.15) is 6.04 Å². The number of hydrogen-bond acceptors (Lipinski definition) is 4. The summed E-state index contributed by atoms with van der Waals surface area (Å²) in [4.78, 5) is 23.1. The van der Waals surface area contributed by atoms with Gasteiger partial charge in [-0.25, -0.2) is 0 Å². The predicted molar refractivity (Wildman–Crippen MR) is 69.5 cm³/mol. The minimum Gasteiger partial charge on any atom is -0.465 e. The number of carbonyl (C=O) groups excluding carboxylic acids is 2. The maximum atomic E-state index is 11.8. The first kappa shape index (κ1) is 14.4. The van der Waals surface area contributed by atoms with Gasteiger partial charge in [-0.3, -0.25) is 9.59 Å². The number of carbonyl (C=O) groups is 2. The van der Waals surface area contributed by atoms with Gasteiger partial charge in [0.05, 0.1) is 6.61 Å². The average Bonchev–Trinajstić information content (AvgIpc) is 2.39. The third kappa shape index (κ3) is 4.67. The summed E-state index contributed by atoms with van der Waals surface area (Å²) in [6.45, 7) is 4.33. The lowest BCUT2D eigenvalue weighted by molar-refractivity contribution is -0.145. The number of esters is 1. The number of ether oxygens (including phenoxy) is 1. The van der Waals surface area contributed by atoms with Gasteiger partial charge in [0.25, 0.3) is 0 Å². The Kier molecular flexibility index (Phi) is 6.08. The van der Waals surface area contributed by atoms with Crippen LogP contribution in [0.1, 0.15) is 30.6 Å². The van der Waals surface area contributed by atoms with E-state index in [-0.39, 0.29) is 17.8 Å². The van der Waals surface area contributed by atoms with Crippen LogP contribution in [0.25, 0.3) is 0 Å². The van der Waals surface area contributed by atoms with Crippen LogP contribution in [0.2, 0.25) is 0 Å². The van der Waals surface area contributed by atoms with E-state index in [1.165, 1.54) is 0 Å². The van der Waals surface area contributed by atoms with Crippen LogP contribution in [-0.4, -0.2) is 30.9 Å². The molecule has 98 valence electrons. The second-order valence-corrected chi connectivity index (χ2v) is 3.97. The van der Waals surface area contributed by atoms with Crippen molar-refractivity contribution in [3.8, 4) is 0 Å². The van der Waals surface area contributed by atoms with Crippen LogP contribution < -0.4 is 5.32 Å². The largest absolute Gasteiger partial charge is 0.465 e. The summed E-state index contributed by atoms with van der Waals surface area (Å²) in [6.07, 6.45) is 0.369. The Balaban J connectivity index is 2.30. The van der Waals surface area contributed by atoms with E-state index in [9.17, 15) is 9.59 Å². The number of rotatable bonds is 7. The predicted octanol–water partition coefficient (Wildman–Crippen LogP) is 1.80. The van der Waals surface area contributed by atoms with E-state index >= 15 is 0 Å². The maximum absolute atomic E-state index is 11.8. The molecule has 1 rings (SSSR count). The van der Waals surface area contributed by atoms with Crippen LogP contribution in [0.15, 0.2) is 30.3 Å². The molecule has 1 aromatic rings. The van der Waals surface area contributed by atoms with Gasteiger partial charge in [0.15, 0.2) is 5.78 Å². The SMILES string of the molecule is CCOC(=O)C(C)NCCC(=O)c1ccccc1. The minimum absolute atomic E-state index is 0.0687. The van der Waals surface area contributed by atoms with Gasteiger partial charge < -0.3 is 10.1 Å². The zero-order valence-electron chi connectivity index (χ0n) is 10.8. The van der Waals surface area contributed by atoms with Crippen LogP contribution >= 0.6 is 0 Å². The molecule has 0 radical (unpaired) electrons. The third-order valence-electron chi connectivity index (χ3n) is 2.54. The van der Waals surface area contributed by atoms with Crippen LogP contribution in [0.3, 0.4) is 0 Å². The third-order valence-corrected chi connectivity index (χ3v) is 2.54. The van der Waals surface area contributed by atoms with Crippen molar-refractivity contribution in [2.75, 3.05) is 13.2 Å². The molecule has 0 bridgehead atoms. The summed E-state index contributed by atoms with van der Waals surface area (Å²) in [6, 6.07) is 8.74. The van der Waals surface area contributed by atoms with Crippen molar-refractivity contribution in [3.63, 3.8) is 0 Å². The second-order valence-electron chi connectivity index (χ2n) is 3.97. The molecule has 4 nitrogen and oxygen atoms in total. The Hall–Kier alpha value is -1.68. The van der Waals surface area contributed by atoms with E-state index in [0.29, 0.717) is 25.1 Å². The van der Waals surface area contributed by atoms with Gasteiger partial charge in [0.2, 0.25) is 0 Å². The molecule has 1 N–H and O–H groups in total. The fourth-order valence-electron chi connectivity index (χ4n) is 1.52. The smallest absolute Gasteiger partial charge is 0.322 e. The molecule has 0 aliphatic rings. The lowest BCUT2D eigenvalue weighted by Gasteiger charge is -2.11. The summed E-state index contributed by atoms with van der Waals surface area (Å²) >= 11 is 0. The zero-order valence-corrected chi connectivity index (χ0v) is 10.8. The lowest BCUT2D eigenvalue weighted by atomic mass is 10.1. The molecule has 0 amide bonds. The van der Waals surface area contributed by atoms with Crippen molar-refractivity contribution in [1.82, 2.24) is 5.32 Å². The first-order valence-corrected chi connectivity index (χ1v) is 6.13. The minimum atomic E-state index is -0.381. The topological polar surface area (TPSA) is 55.4 Å². The Morgan fingerprint density at radius 1 is 1.28 bits per heavy atom. The Bertz CT molecular complexity index is 389. The maximum Gasteiger partial charge on any atom is 0.322 e. The molecular formula is C14H19NO3. The summed E-state index contributed by atoms with van der Waals surface area (Å²) in [5, 5.41) is 2.97.